The Labute approximate surface area is 141 Å². The molecule has 0 aromatic heterocycles. The Balaban J connectivity index is 1.74. The molecule has 2 saturated heterocycles. The molecule has 2 fully saturated rings. The van der Waals surface area contributed by atoms with Gasteiger partial charge in [-0.25, -0.2) is 0 Å². The summed E-state index contributed by atoms with van der Waals surface area (Å²) in [5.74, 6) is -0.218. The summed E-state index contributed by atoms with van der Waals surface area (Å²) >= 11 is 0. The first-order valence-corrected chi connectivity index (χ1v) is 8.37. The number of rotatable bonds is 0. The van der Waals surface area contributed by atoms with Crippen LogP contribution in [0.2, 0.25) is 0 Å². The van der Waals surface area contributed by atoms with Crippen LogP contribution in [0.3, 0.4) is 0 Å². The third-order valence-electron chi connectivity index (χ3n) is 5.15. The zero-order valence-corrected chi connectivity index (χ0v) is 13.7. The number of ketones is 2. The number of piperidine rings is 2. The molecule has 2 aliphatic carbocycles. The molecule has 4 aliphatic rings. The number of allylic oxidation sites excluding steroid dienone is 6. The van der Waals surface area contributed by atoms with Gasteiger partial charge >= 0.3 is 0 Å². The third-order valence-corrected chi connectivity index (χ3v) is 5.15. The van der Waals surface area contributed by atoms with E-state index in [1.165, 1.54) is 0 Å². The average molecular weight is 320 g/mol. The van der Waals surface area contributed by atoms with Crippen molar-refractivity contribution in [2.24, 2.45) is 11.8 Å². The molecule has 4 rings (SSSR count). The number of fused-ring (bicyclic) bond motifs is 3. The summed E-state index contributed by atoms with van der Waals surface area (Å²) in [6, 6.07) is -0.196. The van der Waals surface area contributed by atoms with Crippen LogP contribution in [-0.2, 0) is 9.59 Å². The maximum atomic E-state index is 12.8. The summed E-state index contributed by atoms with van der Waals surface area (Å²) in [7, 11) is 0. The molecule has 2 N–H and O–H groups in total. The van der Waals surface area contributed by atoms with Gasteiger partial charge < -0.3 is 10.6 Å². The van der Waals surface area contributed by atoms with Gasteiger partial charge in [0.05, 0.1) is 23.9 Å². The minimum absolute atomic E-state index is 0.0265. The van der Waals surface area contributed by atoms with Crippen molar-refractivity contribution in [2.45, 2.75) is 25.9 Å². The molecule has 4 unspecified atom stereocenters. The Bertz CT molecular complexity index is 807. The van der Waals surface area contributed by atoms with Gasteiger partial charge in [0, 0.05) is 22.5 Å². The molecule has 4 atom stereocenters. The van der Waals surface area contributed by atoms with Crippen molar-refractivity contribution in [3.05, 3.63) is 71.1 Å². The summed E-state index contributed by atoms with van der Waals surface area (Å²) < 4.78 is 0. The van der Waals surface area contributed by atoms with E-state index in [-0.39, 0.29) is 35.5 Å². The smallest absolute Gasteiger partial charge is 0.173 e. The van der Waals surface area contributed by atoms with Gasteiger partial charge in [-0.1, -0.05) is 36.5 Å². The van der Waals surface area contributed by atoms with E-state index in [4.69, 9.17) is 0 Å². The molecule has 0 aromatic rings. The van der Waals surface area contributed by atoms with Crippen LogP contribution in [0.15, 0.2) is 71.1 Å². The number of hydrogen-bond acceptors (Lipinski definition) is 4. The molecule has 0 saturated carbocycles. The van der Waals surface area contributed by atoms with Crippen LogP contribution in [-0.4, -0.2) is 23.7 Å². The predicted octanol–water partition coefficient (Wildman–Crippen LogP) is 2.10. The molecule has 0 aromatic carbocycles. The van der Waals surface area contributed by atoms with E-state index in [1.54, 1.807) is 0 Å². The van der Waals surface area contributed by atoms with E-state index < -0.39 is 0 Å². The van der Waals surface area contributed by atoms with Crippen LogP contribution in [0.1, 0.15) is 13.8 Å². The zero-order valence-electron chi connectivity index (χ0n) is 13.7. The minimum Gasteiger partial charge on any atom is -0.377 e. The van der Waals surface area contributed by atoms with Crippen molar-refractivity contribution in [2.75, 3.05) is 0 Å². The third kappa shape index (κ3) is 2.06. The Kier molecular flexibility index (Phi) is 3.41. The molecular weight excluding hydrogens is 300 g/mol. The molecule has 0 spiro atoms. The molecule has 122 valence electrons. The first kappa shape index (κ1) is 14.9. The highest BCUT2D eigenvalue weighted by molar-refractivity contribution is 6.07. The highest BCUT2D eigenvalue weighted by atomic mass is 16.1. The summed E-state index contributed by atoms with van der Waals surface area (Å²) in [5.41, 5.74) is 3.04. The van der Waals surface area contributed by atoms with Crippen LogP contribution in [0.25, 0.3) is 0 Å². The van der Waals surface area contributed by atoms with Crippen molar-refractivity contribution in [3.63, 3.8) is 0 Å². The molecule has 4 heteroatoms. The van der Waals surface area contributed by atoms with Gasteiger partial charge in [-0.05, 0) is 26.0 Å². The number of carbonyl (C=O) groups is 2. The van der Waals surface area contributed by atoms with Gasteiger partial charge in [0.1, 0.15) is 0 Å². The SMILES string of the molecule is C/C=C1/NC2C=C3C(=O)C4C=CC=CC4NC3=CC2C(=O)/C1=C/C. The van der Waals surface area contributed by atoms with Crippen LogP contribution in [0, 0.1) is 11.8 Å². The summed E-state index contributed by atoms with van der Waals surface area (Å²) in [4.78, 5) is 25.7. The van der Waals surface area contributed by atoms with Crippen molar-refractivity contribution in [3.8, 4) is 0 Å². The Morgan fingerprint density at radius 3 is 2.42 bits per heavy atom. The number of carbonyl (C=O) groups excluding carboxylic acids is 2. The fraction of sp³-hybridized carbons (Fsp3) is 0.300. The topological polar surface area (TPSA) is 58.2 Å². The minimum atomic E-state index is -0.279. The van der Waals surface area contributed by atoms with E-state index in [9.17, 15) is 9.59 Å². The number of nitrogens with one attached hydrogen (secondary N) is 2. The lowest BCUT2D eigenvalue weighted by Gasteiger charge is -2.40. The highest BCUT2D eigenvalue weighted by Crippen LogP contribution is 2.36. The second kappa shape index (κ2) is 5.48. The lowest BCUT2D eigenvalue weighted by Crippen LogP contribution is -2.51. The van der Waals surface area contributed by atoms with E-state index in [2.05, 4.69) is 10.6 Å². The van der Waals surface area contributed by atoms with Gasteiger partial charge in [0.15, 0.2) is 11.6 Å². The maximum Gasteiger partial charge on any atom is 0.173 e. The molecule has 0 radical (unpaired) electrons. The molecule has 24 heavy (non-hydrogen) atoms. The largest absolute Gasteiger partial charge is 0.377 e. The van der Waals surface area contributed by atoms with Crippen LogP contribution < -0.4 is 10.6 Å². The van der Waals surface area contributed by atoms with Crippen molar-refractivity contribution >= 4 is 11.6 Å². The van der Waals surface area contributed by atoms with Gasteiger partial charge in [0.2, 0.25) is 0 Å². The zero-order chi connectivity index (χ0) is 16.8. The van der Waals surface area contributed by atoms with E-state index >= 15 is 0 Å². The second-order valence-electron chi connectivity index (χ2n) is 6.46. The molecule has 4 nitrogen and oxygen atoms in total. The first-order valence-electron chi connectivity index (χ1n) is 8.37. The average Bonchev–Trinajstić information content (AvgIpc) is 2.61. The van der Waals surface area contributed by atoms with Crippen molar-refractivity contribution in [1.82, 2.24) is 10.6 Å². The maximum absolute atomic E-state index is 12.8. The van der Waals surface area contributed by atoms with Gasteiger partial charge in [-0.3, -0.25) is 9.59 Å². The molecular formula is C20H20N2O2. The van der Waals surface area contributed by atoms with E-state index in [0.29, 0.717) is 11.1 Å². The van der Waals surface area contributed by atoms with Crippen molar-refractivity contribution < 1.29 is 9.59 Å². The van der Waals surface area contributed by atoms with Gasteiger partial charge in [-0.2, -0.15) is 0 Å². The lowest BCUT2D eigenvalue weighted by atomic mass is 9.74. The normalized spacial score (nSPS) is 37.1. The van der Waals surface area contributed by atoms with Crippen LogP contribution >= 0.6 is 0 Å². The Hall–Kier alpha value is -2.62. The standard InChI is InChI=1S/C20H20N2O2/c1-3-11-15(4-2)21-17-10-14-18(9-13(17)19(11)23)22-16-8-6-5-7-12(16)20(14)24/h3-10,12-13,16-17,21-22H,1-2H3/b11-3+,15-4+. The van der Waals surface area contributed by atoms with Crippen LogP contribution in [0.4, 0.5) is 0 Å². The fourth-order valence-electron chi connectivity index (χ4n) is 3.92. The molecule has 2 heterocycles. The highest BCUT2D eigenvalue weighted by Gasteiger charge is 2.42. The van der Waals surface area contributed by atoms with E-state index in [1.807, 2.05) is 62.5 Å². The quantitative estimate of drug-likeness (QED) is 0.671. The van der Waals surface area contributed by atoms with Gasteiger partial charge in [0.25, 0.3) is 0 Å². The molecule has 2 aliphatic heterocycles. The van der Waals surface area contributed by atoms with Gasteiger partial charge in [-0.15, -0.1) is 0 Å². The Morgan fingerprint density at radius 1 is 0.875 bits per heavy atom. The lowest BCUT2D eigenvalue weighted by molar-refractivity contribution is -0.120. The van der Waals surface area contributed by atoms with Crippen molar-refractivity contribution in [1.29, 1.82) is 0 Å². The predicted molar refractivity (Wildman–Crippen MR) is 92.8 cm³/mol. The summed E-state index contributed by atoms with van der Waals surface area (Å²) in [5, 5.41) is 6.82. The molecule has 0 bridgehead atoms. The monoisotopic (exact) mass is 320 g/mol. The fourth-order valence-corrected chi connectivity index (χ4v) is 3.92. The second-order valence-corrected chi connectivity index (χ2v) is 6.46. The summed E-state index contributed by atoms with van der Waals surface area (Å²) in [6.07, 6.45) is 15.4. The Morgan fingerprint density at radius 2 is 1.67 bits per heavy atom. The number of hydrogen-bond donors (Lipinski definition) is 2. The molecule has 0 amide bonds. The number of Topliss-reactive ketones (excluding diaryl/α,β-unsaturated/α-hetero) is 2. The van der Waals surface area contributed by atoms with E-state index in [0.717, 1.165) is 11.4 Å². The summed E-state index contributed by atoms with van der Waals surface area (Å²) in [6.45, 7) is 3.79. The van der Waals surface area contributed by atoms with Crippen LogP contribution in [0.5, 0.6) is 0 Å². The first-order chi connectivity index (χ1) is 11.6.